The molecule has 0 nitrogen and oxygen atoms in total. The van der Waals surface area contributed by atoms with Crippen LogP contribution in [0.5, 0.6) is 0 Å². The Kier molecular flexibility index (Phi) is 2.86. The Bertz CT molecular complexity index is 91.8. The molecule has 0 saturated carbocycles. The molecule has 0 spiro atoms. The van der Waals surface area contributed by atoms with E-state index in [1.54, 1.807) is 0 Å². The van der Waals surface area contributed by atoms with Crippen LogP contribution in [0.1, 0.15) is 0 Å². The van der Waals surface area contributed by atoms with Crippen molar-refractivity contribution in [2.24, 2.45) is 0 Å². The Morgan fingerprint density at radius 1 is 1.00 bits per heavy atom. The van der Waals surface area contributed by atoms with E-state index in [0.29, 0.717) is 0 Å². The monoisotopic (exact) mass is 171 g/mol. The summed E-state index contributed by atoms with van der Waals surface area (Å²) < 4.78 is 0. The van der Waals surface area contributed by atoms with Crippen LogP contribution in [-0.4, -0.2) is 13.6 Å². The summed E-state index contributed by atoms with van der Waals surface area (Å²) >= 11 is -1.69. The van der Waals surface area contributed by atoms with E-state index in [4.69, 9.17) is 0 Å². The van der Waals surface area contributed by atoms with Gasteiger partial charge in [0, 0.05) is 0 Å². The van der Waals surface area contributed by atoms with Gasteiger partial charge in [-0.1, -0.05) is 0 Å². The molecule has 0 N–H and O–H groups in total. The van der Waals surface area contributed by atoms with Gasteiger partial charge >= 0.3 is 53.6 Å². The third kappa shape index (κ3) is 1.71. The zero-order chi connectivity index (χ0) is 6.62. The zero-order valence-electron chi connectivity index (χ0n) is 5.30. The predicted molar refractivity (Wildman–Crippen MR) is 42.2 cm³/mol. The second kappa shape index (κ2) is 2.94. The normalized spacial score (nSPS) is 10.1. The molecule has 0 aliphatic carbocycles. The number of hydrogen-bond acceptors (Lipinski definition) is 0. The van der Waals surface area contributed by atoms with Crippen molar-refractivity contribution in [1.82, 2.24) is 0 Å². The van der Waals surface area contributed by atoms with Gasteiger partial charge in [0.15, 0.2) is 0 Å². The molecule has 0 heterocycles. The molecular formula is C7H12As+. The van der Waals surface area contributed by atoms with Crippen molar-refractivity contribution in [3.05, 3.63) is 34.3 Å². The zero-order valence-corrected chi connectivity index (χ0v) is 7.18. The third-order valence-corrected chi connectivity index (χ3v) is 6.13. The minimum absolute atomic E-state index is 1.69. The van der Waals surface area contributed by atoms with E-state index in [-0.39, 0.29) is 0 Å². The summed E-state index contributed by atoms with van der Waals surface area (Å²) in [6, 6.07) is 0. The molecule has 0 aromatic heterocycles. The fourth-order valence-electron chi connectivity index (χ4n) is 0.224. The molecule has 0 aliphatic heterocycles. The predicted octanol–water partition coefficient (Wildman–Crippen LogP) is 2.24. The van der Waals surface area contributed by atoms with Gasteiger partial charge in [0.25, 0.3) is 0 Å². The number of rotatable bonds is 3. The van der Waals surface area contributed by atoms with Crippen molar-refractivity contribution >= 4 is 13.6 Å². The molecule has 0 unspecified atom stereocenters. The van der Waals surface area contributed by atoms with Crippen LogP contribution in [0.25, 0.3) is 0 Å². The van der Waals surface area contributed by atoms with Gasteiger partial charge in [-0.15, -0.1) is 0 Å². The Balaban J connectivity index is 4.18. The van der Waals surface area contributed by atoms with Crippen molar-refractivity contribution < 1.29 is 0 Å². The maximum atomic E-state index is 3.71. The molecule has 0 radical (unpaired) electrons. The average molecular weight is 171 g/mol. The summed E-state index contributed by atoms with van der Waals surface area (Å²) in [5, 5.41) is 0. The van der Waals surface area contributed by atoms with E-state index in [0.717, 1.165) is 0 Å². The van der Waals surface area contributed by atoms with E-state index in [9.17, 15) is 0 Å². The summed E-state index contributed by atoms with van der Waals surface area (Å²) in [6.45, 7) is 11.1. The van der Waals surface area contributed by atoms with Gasteiger partial charge in [0.05, 0.1) is 0 Å². The van der Waals surface area contributed by atoms with Crippen molar-refractivity contribution in [3.63, 3.8) is 0 Å². The Labute approximate surface area is 54.1 Å². The molecule has 0 saturated heterocycles. The second-order valence-corrected chi connectivity index (χ2v) is 9.19. The first-order valence-electron chi connectivity index (χ1n) is 2.45. The van der Waals surface area contributed by atoms with E-state index in [2.05, 4.69) is 25.4 Å². The topological polar surface area (TPSA) is 0 Å². The summed E-state index contributed by atoms with van der Waals surface area (Å²) in [6.07, 6.45) is 0. The molecule has 0 aromatic rings. The van der Waals surface area contributed by atoms with Gasteiger partial charge in [-0.2, -0.15) is 0 Å². The Morgan fingerprint density at radius 3 is 1.25 bits per heavy atom. The van der Waals surface area contributed by atoms with Gasteiger partial charge < -0.3 is 0 Å². The molecule has 0 aliphatic rings. The van der Waals surface area contributed by atoms with Crippen LogP contribution in [0.15, 0.2) is 34.3 Å². The van der Waals surface area contributed by atoms with Crippen molar-refractivity contribution in [3.8, 4) is 0 Å². The molecule has 0 fully saturated rings. The van der Waals surface area contributed by atoms with E-state index in [1.165, 1.54) is 0 Å². The van der Waals surface area contributed by atoms with Crippen LogP contribution < -0.4 is 0 Å². The average Bonchev–Trinajstić information content (AvgIpc) is 1.87. The van der Waals surface area contributed by atoms with Crippen LogP contribution in [0, 0.1) is 0 Å². The standard InChI is InChI=1S/C7H12As/c1-5-8(4,6-2)7-3/h5-7H,1-3H2,4H3/q+1. The van der Waals surface area contributed by atoms with Gasteiger partial charge in [-0.3, -0.25) is 0 Å². The van der Waals surface area contributed by atoms with Crippen molar-refractivity contribution in [1.29, 1.82) is 0 Å². The summed E-state index contributed by atoms with van der Waals surface area (Å²) in [7, 11) is 0. The molecule has 0 bridgehead atoms. The summed E-state index contributed by atoms with van der Waals surface area (Å²) in [4.78, 5) is 5.95. The molecule has 0 amide bonds. The van der Waals surface area contributed by atoms with Gasteiger partial charge in [0.2, 0.25) is 0 Å². The van der Waals surface area contributed by atoms with Crippen molar-refractivity contribution in [2.45, 2.75) is 5.71 Å². The van der Waals surface area contributed by atoms with Gasteiger partial charge in [-0.25, -0.2) is 0 Å². The van der Waals surface area contributed by atoms with Crippen molar-refractivity contribution in [2.75, 3.05) is 0 Å². The Morgan fingerprint density at radius 2 is 1.25 bits per heavy atom. The fraction of sp³-hybridized carbons (Fsp3) is 0.143. The fourth-order valence-corrected chi connectivity index (χ4v) is 1.16. The van der Waals surface area contributed by atoms with Gasteiger partial charge in [0.1, 0.15) is 0 Å². The third-order valence-electron chi connectivity index (χ3n) is 1.18. The van der Waals surface area contributed by atoms with Crippen LogP contribution in [-0.2, 0) is 0 Å². The van der Waals surface area contributed by atoms with Crippen LogP contribution in [0.4, 0.5) is 0 Å². The van der Waals surface area contributed by atoms with Crippen LogP contribution in [0.2, 0.25) is 5.71 Å². The van der Waals surface area contributed by atoms with Crippen LogP contribution in [0.3, 0.4) is 0 Å². The molecule has 0 atom stereocenters. The second-order valence-electron chi connectivity index (χ2n) is 1.77. The SMILES string of the molecule is C=C[As+](C)(C=C)C=C. The first-order chi connectivity index (χ1) is 3.68. The minimum atomic E-state index is -1.69. The molecule has 0 aromatic carbocycles. The Hall–Kier alpha value is -0.222. The first-order valence-corrected chi connectivity index (χ1v) is 7.57. The quantitative estimate of drug-likeness (QED) is 0.571. The molecule has 8 heavy (non-hydrogen) atoms. The summed E-state index contributed by atoms with van der Waals surface area (Å²) in [5.74, 6) is 0. The van der Waals surface area contributed by atoms with Crippen LogP contribution >= 0.6 is 0 Å². The van der Waals surface area contributed by atoms with E-state index >= 15 is 0 Å². The van der Waals surface area contributed by atoms with E-state index in [1.807, 2.05) is 14.6 Å². The number of hydrogen-bond donors (Lipinski definition) is 0. The molecule has 0 rings (SSSR count). The maximum absolute atomic E-state index is 3.71. The molecule has 44 valence electrons. The summed E-state index contributed by atoms with van der Waals surface area (Å²) in [5.41, 5.74) is 2.17. The molecule has 1 heteroatoms. The van der Waals surface area contributed by atoms with Gasteiger partial charge in [-0.05, 0) is 0 Å². The first kappa shape index (κ1) is 7.78. The van der Waals surface area contributed by atoms with E-state index < -0.39 is 13.6 Å². The molecular weight excluding hydrogens is 159 g/mol.